The van der Waals surface area contributed by atoms with Crippen molar-refractivity contribution in [2.45, 2.75) is 13.2 Å². The Kier molecular flexibility index (Phi) is 4.02. The summed E-state index contributed by atoms with van der Waals surface area (Å²) in [5.41, 5.74) is 3.10. The SMILES string of the molecule is OCc1ccc(CNc2cccc(Cl)c2)cc1. The van der Waals surface area contributed by atoms with E-state index in [1.807, 2.05) is 48.5 Å². The number of hydrogen-bond donors (Lipinski definition) is 2. The van der Waals surface area contributed by atoms with E-state index >= 15 is 0 Å². The van der Waals surface area contributed by atoms with Crippen LogP contribution in [0.2, 0.25) is 5.02 Å². The third kappa shape index (κ3) is 3.48. The molecule has 0 radical (unpaired) electrons. The van der Waals surface area contributed by atoms with Gasteiger partial charge in [0.05, 0.1) is 6.61 Å². The van der Waals surface area contributed by atoms with Gasteiger partial charge >= 0.3 is 0 Å². The topological polar surface area (TPSA) is 32.3 Å². The first-order valence-electron chi connectivity index (χ1n) is 5.46. The highest BCUT2D eigenvalue weighted by molar-refractivity contribution is 6.30. The van der Waals surface area contributed by atoms with Crippen molar-refractivity contribution in [3.63, 3.8) is 0 Å². The zero-order valence-electron chi connectivity index (χ0n) is 9.36. The van der Waals surface area contributed by atoms with Crippen LogP contribution in [0.1, 0.15) is 11.1 Å². The van der Waals surface area contributed by atoms with Crippen LogP contribution in [-0.2, 0) is 13.2 Å². The minimum Gasteiger partial charge on any atom is -0.392 e. The van der Waals surface area contributed by atoms with Crippen molar-refractivity contribution in [1.29, 1.82) is 0 Å². The maximum atomic E-state index is 8.94. The first-order chi connectivity index (χ1) is 8.28. The van der Waals surface area contributed by atoms with E-state index in [2.05, 4.69) is 5.32 Å². The zero-order valence-corrected chi connectivity index (χ0v) is 10.1. The molecule has 0 bridgehead atoms. The van der Waals surface area contributed by atoms with Gasteiger partial charge in [0.15, 0.2) is 0 Å². The Morgan fingerprint density at radius 2 is 1.71 bits per heavy atom. The lowest BCUT2D eigenvalue weighted by Crippen LogP contribution is -1.99. The Labute approximate surface area is 106 Å². The number of nitrogens with one attached hydrogen (secondary N) is 1. The predicted octanol–water partition coefficient (Wildman–Crippen LogP) is 3.44. The molecule has 88 valence electrons. The molecule has 3 heteroatoms. The summed E-state index contributed by atoms with van der Waals surface area (Å²) >= 11 is 5.90. The summed E-state index contributed by atoms with van der Waals surface area (Å²) in [6.07, 6.45) is 0. The van der Waals surface area contributed by atoms with Crippen molar-refractivity contribution in [1.82, 2.24) is 0 Å². The summed E-state index contributed by atoms with van der Waals surface area (Å²) < 4.78 is 0. The van der Waals surface area contributed by atoms with Gasteiger partial charge in [-0.05, 0) is 29.3 Å². The van der Waals surface area contributed by atoms with Gasteiger partial charge in [0, 0.05) is 17.3 Å². The second-order valence-corrected chi connectivity index (χ2v) is 4.27. The molecule has 0 aliphatic heterocycles. The molecule has 0 fully saturated rings. The normalized spacial score (nSPS) is 10.2. The number of rotatable bonds is 4. The van der Waals surface area contributed by atoms with Crippen LogP contribution in [0.5, 0.6) is 0 Å². The Bertz CT molecular complexity index is 482. The Morgan fingerprint density at radius 3 is 2.35 bits per heavy atom. The maximum absolute atomic E-state index is 8.94. The lowest BCUT2D eigenvalue weighted by atomic mass is 10.1. The van der Waals surface area contributed by atoms with Gasteiger partial charge < -0.3 is 10.4 Å². The smallest absolute Gasteiger partial charge is 0.0681 e. The van der Waals surface area contributed by atoms with Crippen molar-refractivity contribution >= 4 is 17.3 Å². The first-order valence-corrected chi connectivity index (χ1v) is 5.84. The highest BCUT2D eigenvalue weighted by atomic mass is 35.5. The molecule has 0 saturated carbocycles. The van der Waals surface area contributed by atoms with E-state index in [0.717, 1.165) is 22.8 Å². The molecule has 17 heavy (non-hydrogen) atoms. The van der Waals surface area contributed by atoms with Gasteiger partial charge in [0.1, 0.15) is 0 Å². The molecule has 2 rings (SSSR count). The molecular formula is C14H14ClNO. The number of aliphatic hydroxyl groups excluding tert-OH is 1. The van der Waals surface area contributed by atoms with Crippen LogP contribution >= 0.6 is 11.6 Å². The van der Waals surface area contributed by atoms with E-state index in [-0.39, 0.29) is 6.61 Å². The third-order valence-corrected chi connectivity index (χ3v) is 2.76. The summed E-state index contributed by atoms with van der Waals surface area (Å²) in [5.74, 6) is 0. The van der Waals surface area contributed by atoms with Crippen LogP contribution in [0, 0.1) is 0 Å². The van der Waals surface area contributed by atoms with Crippen LogP contribution in [0.3, 0.4) is 0 Å². The van der Waals surface area contributed by atoms with E-state index in [1.165, 1.54) is 5.56 Å². The molecule has 2 aromatic rings. The van der Waals surface area contributed by atoms with Crippen molar-refractivity contribution in [3.8, 4) is 0 Å². The van der Waals surface area contributed by atoms with Crippen LogP contribution in [0.4, 0.5) is 5.69 Å². The maximum Gasteiger partial charge on any atom is 0.0681 e. The molecule has 0 amide bonds. The number of anilines is 1. The van der Waals surface area contributed by atoms with Crippen LogP contribution in [-0.4, -0.2) is 5.11 Å². The first kappa shape index (κ1) is 12.0. The van der Waals surface area contributed by atoms with E-state index in [4.69, 9.17) is 16.7 Å². The molecule has 0 aromatic heterocycles. The summed E-state index contributed by atoms with van der Waals surface area (Å²) in [4.78, 5) is 0. The van der Waals surface area contributed by atoms with Gasteiger partial charge in [-0.1, -0.05) is 41.9 Å². The summed E-state index contributed by atoms with van der Waals surface area (Å²) in [5, 5.41) is 13.0. The average Bonchev–Trinajstić information content (AvgIpc) is 2.37. The van der Waals surface area contributed by atoms with Gasteiger partial charge in [0.25, 0.3) is 0 Å². The number of hydrogen-bond acceptors (Lipinski definition) is 2. The quantitative estimate of drug-likeness (QED) is 0.868. The Hall–Kier alpha value is -1.51. The average molecular weight is 248 g/mol. The molecule has 0 unspecified atom stereocenters. The van der Waals surface area contributed by atoms with Gasteiger partial charge in [-0.2, -0.15) is 0 Å². The fourth-order valence-corrected chi connectivity index (χ4v) is 1.76. The van der Waals surface area contributed by atoms with Crippen LogP contribution in [0.25, 0.3) is 0 Å². The molecule has 0 atom stereocenters. The minimum atomic E-state index is 0.0853. The third-order valence-electron chi connectivity index (χ3n) is 2.53. The summed E-state index contributed by atoms with van der Waals surface area (Å²) in [6, 6.07) is 15.5. The molecule has 2 aromatic carbocycles. The minimum absolute atomic E-state index is 0.0853. The van der Waals surface area contributed by atoms with Gasteiger partial charge in [-0.25, -0.2) is 0 Å². The van der Waals surface area contributed by atoms with Crippen LogP contribution < -0.4 is 5.32 Å². The molecule has 2 N–H and O–H groups in total. The molecule has 0 heterocycles. The van der Waals surface area contributed by atoms with E-state index in [9.17, 15) is 0 Å². The number of halogens is 1. The molecular weight excluding hydrogens is 234 g/mol. The second-order valence-electron chi connectivity index (χ2n) is 3.84. The number of aliphatic hydroxyl groups is 1. The van der Waals surface area contributed by atoms with Crippen molar-refractivity contribution in [2.75, 3.05) is 5.32 Å². The largest absolute Gasteiger partial charge is 0.392 e. The fraction of sp³-hybridized carbons (Fsp3) is 0.143. The molecule has 2 nitrogen and oxygen atoms in total. The van der Waals surface area contributed by atoms with Gasteiger partial charge in [0.2, 0.25) is 0 Å². The monoisotopic (exact) mass is 247 g/mol. The molecule has 0 spiro atoms. The number of benzene rings is 2. The zero-order chi connectivity index (χ0) is 12.1. The molecule has 0 aliphatic rings. The fourth-order valence-electron chi connectivity index (χ4n) is 1.57. The molecule has 0 saturated heterocycles. The van der Waals surface area contributed by atoms with Crippen molar-refractivity contribution < 1.29 is 5.11 Å². The highest BCUT2D eigenvalue weighted by Crippen LogP contribution is 2.16. The van der Waals surface area contributed by atoms with Crippen molar-refractivity contribution in [2.24, 2.45) is 0 Å². The van der Waals surface area contributed by atoms with Crippen LogP contribution in [0.15, 0.2) is 48.5 Å². The van der Waals surface area contributed by atoms with Gasteiger partial charge in [-0.15, -0.1) is 0 Å². The van der Waals surface area contributed by atoms with Gasteiger partial charge in [-0.3, -0.25) is 0 Å². The highest BCUT2D eigenvalue weighted by Gasteiger charge is 1.96. The Morgan fingerprint density at radius 1 is 1.00 bits per heavy atom. The predicted molar refractivity (Wildman–Crippen MR) is 71.1 cm³/mol. The standard InChI is InChI=1S/C14H14ClNO/c15-13-2-1-3-14(8-13)16-9-11-4-6-12(10-17)7-5-11/h1-8,16-17H,9-10H2. The van der Waals surface area contributed by atoms with E-state index < -0.39 is 0 Å². The van der Waals surface area contributed by atoms with E-state index in [0.29, 0.717) is 0 Å². The second kappa shape index (κ2) is 5.71. The summed E-state index contributed by atoms with van der Waals surface area (Å²) in [7, 11) is 0. The van der Waals surface area contributed by atoms with E-state index in [1.54, 1.807) is 0 Å². The Balaban J connectivity index is 1.97. The summed E-state index contributed by atoms with van der Waals surface area (Å²) in [6.45, 7) is 0.827. The lowest BCUT2D eigenvalue weighted by Gasteiger charge is -2.07. The van der Waals surface area contributed by atoms with Crippen molar-refractivity contribution in [3.05, 3.63) is 64.7 Å². The lowest BCUT2D eigenvalue weighted by molar-refractivity contribution is 0.282. The molecule has 0 aliphatic carbocycles.